The Balaban J connectivity index is 1.94. The molecule has 2 saturated heterocycles. The van der Waals surface area contributed by atoms with Gasteiger partial charge in [0, 0.05) is 25.0 Å². The SMILES string of the molecule is O=CC1CCC2C[N]([AlH2])CCN2C1. The molecule has 2 aliphatic rings. The van der Waals surface area contributed by atoms with Gasteiger partial charge in [0.15, 0.2) is 0 Å². The molecule has 2 heterocycles. The number of rotatable bonds is 1. The summed E-state index contributed by atoms with van der Waals surface area (Å²) in [6, 6.07) is 0.752. The first kappa shape index (κ1) is 9.67. The second kappa shape index (κ2) is 4.10. The fourth-order valence-electron chi connectivity index (χ4n) is 2.47. The zero-order valence-corrected chi connectivity index (χ0v) is 10.3. The van der Waals surface area contributed by atoms with Crippen molar-refractivity contribution < 1.29 is 4.79 Å². The molecule has 0 amide bonds. The molecule has 0 radical (unpaired) electrons. The molecule has 0 bridgehead atoms. The largest absolute Gasteiger partial charge is 0.388 e. The van der Waals surface area contributed by atoms with Crippen LogP contribution in [0.1, 0.15) is 12.8 Å². The van der Waals surface area contributed by atoms with E-state index in [0.29, 0.717) is 5.92 Å². The van der Waals surface area contributed by atoms with E-state index in [0.717, 1.165) is 25.3 Å². The lowest BCUT2D eigenvalue weighted by Crippen LogP contribution is -2.55. The van der Waals surface area contributed by atoms with Crippen molar-refractivity contribution in [2.45, 2.75) is 18.9 Å². The first-order chi connectivity index (χ1) is 6.29. The highest BCUT2D eigenvalue weighted by Crippen LogP contribution is 2.23. The molecule has 2 atom stereocenters. The summed E-state index contributed by atoms with van der Waals surface area (Å²) < 4.78 is 2.53. The first-order valence-corrected chi connectivity index (χ1v) is 6.07. The van der Waals surface area contributed by atoms with Crippen LogP contribution in [0.4, 0.5) is 0 Å². The van der Waals surface area contributed by atoms with Crippen LogP contribution in [-0.4, -0.2) is 63.8 Å². The van der Waals surface area contributed by atoms with E-state index in [4.69, 9.17) is 0 Å². The van der Waals surface area contributed by atoms with E-state index in [-0.39, 0.29) is 0 Å². The van der Waals surface area contributed by atoms with Gasteiger partial charge < -0.3 is 8.68 Å². The van der Waals surface area contributed by atoms with Crippen LogP contribution in [0.5, 0.6) is 0 Å². The lowest BCUT2D eigenvalue weighted by molar-refractivity contribution is -0.113. The second-order valence-corrected chi connectivity index (χ2v) is 5.65. The summed E-state index contributed by atoms with van der Waals surface area (Å²) in [6.07, 6.45) is 3.48. The van der Waals surface area contributed by atoms with Gasteiger partial charge in [0.25, 0.3) is 0 Å². The Hall–Kier alpha value is 0.122. The van der Waals surface area contributed by atoms with Gasteiger partial charge in [-0.1, -0.05) is 0 Å². The summed E-state index contributed by atoms with van der Waals surface area (Å²) in [7, 11) is 0. The van der Waals surface area contributed by atoms with Gasteiger partial charge in [-0.25, -0.2) is 0 Å². The minimum Gasteiger partial charge on any atom is -0.388 e. The van der Waals surface area contributed by atoms with Crippen molar-refractivity contribution in [1.29, 1.82) is 0 Å². The molecule has 0 aromatic carbocycles. The number of fused-ring (bicyclic) bond motifs is 1. The van der Waals surface area contributed by atoms with Crippen LogP contribution in [0.2, 0.25) is 0 Å². The zero-order valence-electron chi connectivity index (χ0n) is 8.28. The number of piperazine rings is 1. The van der Waals surface area contributed by atoms with Crippen molar-refractivity contribution in [1.82, 2.24) is 8.78 Å². The zero-order chi connectivity index (χ0) is 9.26. The Morgan fingerprint density at radius 1 is 1.23 bits per heavy atom. The maximum Gasteiger partial charge on any atom is 0.321 e. The van der Waals surface area contributed by atoms with Gasteiger partial charge in [-0.05, 0) is 25.9 Å². The molecule has 2 unspecified atom stereocenters. The molecule has 0 aromatic rings. The van der Waals surface area contributed by atoms with Crippen LogP contribution < -0.4 is 0 Å². The number of piperidine rings is 1. The van der Waals surface area contributed by atoms with E-state index in [1.54, 1.807) is 0 Å². The molecule has 0 saturated carbocycles. The standard InChI is InChI=1S/C9H15N2O.Al.2H/c12-7-8-1-2-9-5-10-3-4-11(9)6-8;;;/h7-9H,1-6H2;;;/q-1;+1;;. The van der Waals surface area contributed by atoms with Crippen LogP contribution in [0.3, 0.4) is 0 Å². The van der Waals surface area contributed by atoms with Crippen molar-refractivity contribution in [3.05, 3.63) is 0 Å². The predicted molar refractivity (Wildman–Crippen MR) is 54.3 cm³/mol. The quantitative estimate of drug-likeness (QED) is 0.402. The lowest BCUT2D eigenvalue weighted by Gasteiger charge is -2.45. The fourth-order valence-corrected chi connectivity index (χ4v) is 3.09. The highest BCUT2D eigenvalue weighted by atomic mass is 27.1. The van der Waals surface area contributed by atoms with Crippen LogP contribution in [0.25, 0.3) is 0 Å². The first-order valence-electron chi connectivity index (χ1n) is 5.17. The maximum atomic E-state index is 10.7. The van der Waals surface area contributed by atoms with Crippen LogP contribution in [0, 0.1) is 5.92 Å². The molecule has 4 heteroatoms. The number of carbonyl (C=O) groups excluding carboxylic acids is 1. The predicted octanol–water partition coefficient (Wildman–Crippen LogP) is -0.870. The van der Waals surface area contributed by atoms with E-state index in [2.05, 4.69) is 8.78 Å². The van der Waals surface area contributed by atoms with E-state index in [9.17, 15) is 4.79 Å². The minimum atomic E-state index is 0.317. The van der Waals surface area contributed by atoms with E-state index in [1.807, 2.05) is 0 Å². The topological polar surface area (TPSA) is 23.6 Å². The summed E-state index contributed by atoms with van der Waals surface area (Å²) in [6.45, 7) is 4.66. The van der Waals surface area contributed by atoms with Crippen molar-refractivity contribution in [3.8, 4) is 0 Å². The van der Waals surface area contributed by atoms with E-state index >= 15 is 0 Å². The lowest BCUT2D eigenvalue weighted by atomic mass is 9.93. The number of carbonyl (C=O) groups is 1. The highest BCUT2D eigenvalue weighted by Gasteiger charge is 2.30. The monoisotopic (exact) mass is 196 g/mol. The Morgan fingerprint density at radius 2 is 2.08 bits per heavy atom. The fraction of sp³-hybridized carbons (Fsp3) is 0.889. The molecule has 2 fully saturated rings. The number of hydrogen-bond acceptors (Lipinski definition) is 3. The summed E-state index contributed by atoms with van der Waals surface area (Å²) in [5, 5.41) is 0. The molecule has 13 heavy (non-hydrogen) atoms. The van der Waals surface area contributed by atoms with Gasteiger partial charge in [-0.3, -0.25) is 4.90 Å². The average molecular weight is 196 g/mol. The van der Waals surface area contributed by atoms with Crippen molar-refractivity contribution in [2.75, 3.05) is 26.2 Å². The second-order valence-electron chi connectivity index (χ2n) is 4.38. The summed E-state index contributed by atoms with van der Waals surface area (Å²) >= 11 is 1.19. The third kappa shape index (κ3) is 2.13. The molecule has 0 N–H and O–H groups in total. The molecule has 3 nitrogen and oxygen atoms in total. The van der Waals surface area contributed by atoms with E-state index in [1.165, 1.54) is 42.6 Å². The third-order valence-corrected chi connectivity index (χ3v) is 4.15. The molecular weight excluding hydrogens is 179 g/mol. The Bertz CT molecular complexity index is 200. The van der Waals surface area contributed by atoms with Gasteiger partial charge in [0.2, 0.25) is 0 Å². The molecule has 72 valence electrons. The molecule has 0 spiro atoms. The van der Waals surface area contributed by atoms with Gasteiger partial charge in [0.05, 0.1) is 0 Å². The Kier molecular flexibility index (Phi) is 3.05. The molecule has 0 aromatic heterocycles. The normalized spacial score (nSPS) is 36.9. The minimum absolute atomic E-state index is 0.317. The molecule has 0 aliphatic carbocycles. The van der Waals surface area contributed by atoms with Gasteiger partial charge in [-0.2, -0.15) is 0 Å². The van der Waals surface area contributed by atoms with Crippen LogP contribution >= 0.6 is 0 Å². The van der Waals surface area contributed by atoms with Gasteiger partial charge in [-0.15, -0.1) is 0 Å². The highest BCUT2D eigenvalue weighted by molar-refractivity contribution is 6.04. The van der Waals surface area contributed by atoms with Crippen LogP contribution in [-0.2, 0) is 4.79 Å². The molecule has 2 aliphatic heterocycles. The van der Waals surface area contributed by atoms with Crippen molar-refractivity contribution in [3.63, 3.8) is 0 Å². The van der Waals surface area contributed by atoms with Crippen molar-refractivity contribution in [2.24, 2.45) is 5.92 Å². The summed E-state index contributed by atoms with van der Waals surface area (Å²) in [5.74, 6) is 0.317. The number of aldehydes is 1. The molecule has 2 rings (SSSR count). The summed E-state index contributed by atoms with van der Waals surface area (Å²) in [4.78, 5) is 13.2. The Labute approximate surface area is 87.7 Å². The van der Waals surface area contributed by atoms with Gasteiger partial charge in [0.1, 0.15) is 6.29 Å². The number of nitrogens with zero attached hydrogens (tertiary/aromatic N) is 2. The van der Waals surface area contributed by atoms with E-state index < -0.39 is 0 Å². The maximum absolute atomic E-state index is 10.7. The smallest absolute Gasteiger partial charge is 0.321 e. The summed E-state index contributed by atoms with van der Waals surface area (Å²) in [5.41, 5.74) is 0. The van der Waals surface area contributed by atoms with Crippen molar-refractivity contribution >= 4 is 22.8 Å². The van der Waals surface area contributed by atoms with Crippen LogP contribution in [0.15, 0.2) is 0 Å². The molecular formula is C9H17AlN2O. The average Bonchev–Trinajstić information content (AvgIpc) is 2.17. The Morgan fingerprint density at radius 3 is 2.85 bits per heavy atom. The van der Waals surface area contributed by atoms with Gasteiger partial charge >= 0.3 is 16.5 Å². The number of hydrogen-bond donors (Lipinski definition) is 0. The third-order valence-electron chi connectivity index (χ3n) is 3.34.